The van der Waals surface area contributed by atoms with E-state index in [9.17, 15) is 9.90 Å². The van der Waals surface area contributed by atoms with Crippen molar-refractivity contribution in [1.82, 2.24) is 15.0 Å². The van der Waals surface area contributed by atoms with Gasteiger partial charge >= 0.3 is 29.6 Å². The van der Waals surface area contributed by atoms with E-state index in [4.69, 9.17) is 0 Å². The second-order valence-electron chi connectivity index (χ2n) is 3.77. The Morgan fingerprint density at radius 2 is 1.70 bits per heavy atom. The predicted octanol–water partition coefficient (Wildman–Crippen LogP) is -2.67. The van der Waals surface area contributed by atoms with E-state index in [0.29, 0.717) is 23.4 Å². The molecule has 7 nitrogen and oxygen atoms in total. The van der Waals surface area contributed by atoms with Crippen molar-refractivity contribution in [1.29, 1.82) is 0 Å². The van der Waals surface area contributed by atoms with Crippen LogP contribution in [-0.2, 0) is 0 Å². The molecular formula is C12H12N5NaO2. The third kappa shape index (κ3) is 4.16. The van der Waals surface area contributed by atoms with Crippen molar-refractivity contribution in [3.05, 3.63) is 35.7 Å². The van der Waals surface area contributed by atoms with Crippen LogP contribution in [0.4, 0.5) is 17.6 Å². The number of hydrogen-bond acceptors (Lipinski definition) is 7. The molecular weight excluding hydrogens is 269 g/mol. The molecule has 1 aromatic heterocycles. The monoisotopic (exact) mass is 281 g/mol. The molecule has 0 bridgehead atoms. The van der Waals surface area contributed by atoms with Crippen molar-refractivity contribution in [2.24, 2.45) is 0 Å². The molecule has 2 rings (SSSR count). The summed E-state index contributed by atoms with van der Waals surface area (Å²) in [5.41, 5.74) is 0.797. The number of aryl methyl sites for hydroxylation is 1. The summed E-state index contributed by atoms with van der Waals surface area (Å²) < 4.78 is 0. The van der Waals surface area contributed by atoms with Gasteiger partial charge in [-0.05, 0) is 24.6 Å². The maximum atomic E-state index is 10.6. The van der Waals surface area contributed by atoms with Crippen LogP contribution in [0.25, 0.3) is 0 Å². The number of rotatable bonds is 4. The van der Waals surface area contributed by atoms with E-state index in [0.717, 1.165) is 0 Å². The summed E-state index contributed by atoms with van der Waals surface area (Å²) in [5, 5.41) is 16.4. The molecule has 1 aromatic carbocycles. The fourth-order valence-corrected chi connectivity index (χ4v) is 1.47. The molecule has 0 spiro atoms. The molecule has 0 aliphatic carbocycles. The van der Waals surface area contributed by atoms with Gasteiger partial charge in [-0.3, -0.25) is 0 Å². The summed E-state index contributed by atoms with van der Waals surface area (Å²) >= 11 is 0. The van der Waals surface area contributed by atoms with E-state index in [2.05, 4.69) is 25.6 Å². The summed E-state index contributed by atoms with van der Waals surface area (Å²) in [7, 11) is 1.72. The summed E-state index contributed by atoms with van der Waals surface area (Å²) in [4.78, 5) is 23.0. The molecule has 0 saturated heterocycles. The largest absolute Gasteiger partial charge is 1.00 e. The second kappa shape index (κ2) is 7.18. The van der Waals surface area contributed by atoms with Crippen LogP contribution < -0.4 is 45.3 Å². The first-order valence-electron chi connectivity index (χ1n) is 5.57. The number of carboxylic acid groups (broad SMARTS) is 1. The quantitative estimate of drug-likeness (QED) is 0.589. The third-order valence-corrected chi connectivity index (χ3v) is 2.35. The normalized spacial score (nSPS) is 9.50. The first kappa shape index (κ1) is 16.4. The molecule has 0 saturated carbocycles. The first-order chi connectivity index (χ1) is 9.08. The van der Waals surface area contributed by atoms with E-state index in [-0.39, 0.29) is 35.1 Å². The Labute approximate surface area is 138 Å². The van der Waals surface area contributed by atoms with Gasteiger partial charge < -0.3 is 20.5 Å². The average Bonchev–Trinajstić information content (AvgIpc) is 2.38. The van der Waals surface area contributed by atoms with Gasteiger partial charge in [0.25, 0.3) is 0 Å². The van der Waals surface area contributed by atoms with Gasteiger partial charge in [0.1, 0.15) is 5.82 Å². The maximum absolute atomic E-state index is 10.6. The summed E-state index contributed by atoms with van der Waals surface area (Å²) in [6.07, 6.45) is 0. The first-order valence-corrected chi connectivity index (χ1v) is 5.57. The Hall–Kier alpha value is -1.70. The van der Waals surface area contributed by atoms with E-state index in [1.165, 1.54) is 12.1 Å². The Kier molecular flexibility index (Phi) is 5.87. The van der Waals surface area contributed by atoms with Crippen molar-refractivity contribution in [2.75, 3.05) is 17.7 Å². The molecule has 20 heavy (non-hydrogen) atoms. The molecule has 0 fully saturated rings. The summed E-state index contributed by atoms with van der Waals surface area (Å²) in [6, 6.07) is 6.13. The number of nitrogens with one attached hydrogen (secondary N) is 2. The Bertz CT molecular complexity index is 603. The van der Waals surface area contributed by atoms with E-state index in [1.807, 2.05) is 0 Å². The molecule has 0 aliphatic heterocycles. The molecule has 8 heteroatoms. The molecule has 98 valence electrons. The fourth-order valence-electron chi connectivity index (χ4n) is 1.47. The third-order valence-electron chi connectivity index (χ3n) is 2.35. The molecule has 0 radical (unpaired) electrons. The number of nitrogens with zero attached hydrogens (tertiary/aromatic N) is 3. The fraction of sp³-hybridized carbons (Fsp3) is 0.167. The number of carbonyl (C=O) groups excluding carboxylic acids is 1. The van der Waals surface area contributed by atoms with Gasteiger partial charge in [-0.1, -0.05) is 12.1 Å². The Balaban J connectivity index is 0.00000200. The van der Waals surface area contributed by atoms with Crippen molar-refractivity contribution < 1.29 is 39.5 Å². The van der Waals surface area contributed by atoms with E-state index >= 15 is 0 Å². The van der Waals surface area contributed by atoms with Crippen molar-refractivity contribution in [3.8, 4) is 0 Å². The SMILES string of the molecule is CNc1nc(C)nc(Nc2ccc(C(=O)[O-])cc2)n1.[Na+]. The van der Waals surface area contributed by atoms with Gasteiger partial charge in [0.05, 0.1) is 5.97 Å². The topological polar surface area (TPSA) is 103 Å². The number of anilines is 3. The number of aromatic carboxylic acids is 1. The van der Waals surface area contributed by atoms with Crippen molar-refractivity contribution >= 4 is 23.6 Å². The predicted molar refractivity (Wildman–Crippen MR) is 68.2 cm³/mol. The molecule has 1 heterocycles. The van der Waals surface area contributed by atoms with Gasteiger partial charge in [-0.15, -0.1) is 0 Å². The van der Waals surface area contributed by atoms with Crippen LogP contribution in [0, 0.1) is 6.92 Å². The number of benzene rings is 1. The van der Waals surface area contributed by atoms with Crippen LogP contribution in [0.1, 0.15) is 16.2 Å². The second-order valence-corrected chi connectivity index (χ2v) is 3.77. The van der Waals surface area contributed by atoms with Crippen LogP contribution in [0.15, 0.2) is 24.3 Å². The smallest absolute Gasteiger partial charge is 0.545 e. The zero-order valence-electron chi connectivity index (χ0n) is 11.5. The number of carboxylic acids is 1. The van der Waals surface area contributed by atoms with Crippen molar-refractivity contribution in [2.45, 2.75) is 6.92 Å². The minimum absolute atomic E-state index is 0. The minimum Gasteiger partial charge on any atom is -0.545 e. The van der Waals surface area contributed by atoms with Crippen LogP contribution in [0.5, 0.6) is 0 Å². The maximum Gasteiger partial charge on any atom is 1.00 e. The summed E-state index contributed by atoms with van der Waals surface area (Å²) in [6.45, 7) is 1.76. The number of aromatic nitrogens is 3. The molecule has 0 unspecified atom stereocenters. The van der Waals surface area contributed by atoms with E-state index in [1.54, 1.807) is 26.1 Å². The molecule has 2 aromatic rings. The standard InChI is InChI=1S/C12H13N5O2.Na/c1-7-14-11(13-2)17-12(15-7)16-9-5-3-8(4-6-9)10(18)19;/h3-6H,1-2H3,(H,18,19)(H2,13,14,15,16,17);/q;+1/p-1. The van der Waals surface area contributed by atoms with Crippen LogP contribution in [-0.4, -0.2) is 28.0 Å². The van der Waals surface area contributed by atoms with Crippen LogP contribution >= 0.6 is 0 Å². The van der Waals surface area contributed by atoms with Gasteiger partial charge in [-0.25, -0.2) is 0 Å². The Morgan fingerprint density at radius 1 is 1.10 bits per heavy atom. The van der Waals surface area contributed by atoms with Crippen molar-refractivity contribution in [3.63, 3.8) is 0 Å². The zero-order chi connectivity index (χ0) is 13.8. The Morgan fingerprint density at radius 3 is 2.25 bits per heavy atom. The minimum atomic E-state index is -1.21. The van der Waals surface area contributed by atoms with E-state index < -0.39 is 5.97 Å². The van der Waals surface area contributed by atoms with Gasteiger partial charge in [0.2, 0.25) is 11.9 Å². The molecule has 2 N–H and O–H groups in total. The molecule has 0 amide bonds. The molecule has 0 aliphatic rings. The summed E-state index contributed by atoms with van der Waals surface area (Å²) in [5.74, 6) is 0.215. The molecule has 0 atom stereocenters. The number of hydrogen-bond donors (Lipinski definition) is 2. The van der Waals surface area contributed by atoms with Crippen LogP contribution in [0.3, 0.4) is 0 Å². The van der Waals surface area contributed by atoms with Gasteiger partial charge in [0, 0.05) is 12.7 Å². The van der Waals surface area contributed by atoms with Gasteiger partial charge in [-0.2, -0.15) is 15.0 Å². The zero-order valence-corrected chi connectivity index (χ0v) is 13.5. The number of carbonyl (C=O) groups is 1. The average molecular weight is 281 g/mol. The van der Waals surface area contributed by atoms with Gasteiger partial charge in [0.15, 0.2) is 0 Å². The van der Waals surface area contributed by atoms with Crippen LogP contribution in [0.2, 0.25) is 0 Å².